The monoisotopic (exact) mass is 212 g/mol. The smallest absolute Gasteiger partial charge is 0.222 e. The van der Waals surface area contributed by atoms with Crippen molar-refractivity contribution in [3.8, 4) is 0 Å². The Balaban J connectivity index is 1.46. The zero-order valence-electron chi connectivity index (χ0n) is 9.08. The second-order valence-corrected chi connectivity index (χ2v) is 4.66. The van der Waals surface area contributed by atoms with Gasteiger partial charge >= 0.3 is 0 Å². The van der Waals surface area contributed by atoms with E-state index in [4.69, 9.17) is 10.5 Å². The lowest BCUT2D eigenvalue weighted by Gasteiger charge is -2.34. The van der Waals surface area contributed by atoms with E-state index in [1.165, 1.54) is 0 Å². The van der Waals surface area contributed by atoms with Gasteiger partial charge in [0.25, 0.3) is 0 Å². The van der Waals surface area contributed by atoms with Crippen molar-refractivity contribution in [3.05, 3.63) is 0 Å². The first-order chi connectivity index (χ1) is 7.28. The van der Waals surface area contributed by atoms with Crippen LogP contribution in [0.3, 0.4) is 0 Å². The molecule has 0 unspecified atom stereocenters. The standard InChI is InChI=1S/C11H20N2O2/c12-7-8-5-10(6-8)15-4-3-11(14)13-9-1-2-9/h8-10H,1-7,12H2,(H,13,14). The number of ether oxygens (including phenoxy) is 1. The fourth-order valence-corrected chi connectivity index (χ4v) is 1.85. The average Bonchev–Trinajstić information content (AvgIpc) is 2.92. The molecule has 0 atom stereocenters. The summed E-state index contributed by atoms with van der Waals surface area (Å²) in [6.07, 6.45) is 5.29. The molecule has 0 bridgehead atoms. The lowest BCUT2D eigenvalue weighted by Crippen LogP contribution is -2.36. The molecule has 2 saturated carbocycles. The summed E-state index contributed by atoms with van der Waals surface area (Å²) in [6.45, 7) is 1.32. The zero-order valence-corrected chi connectivity index (χ0v) is 9.08. The Kier molecular flexibility index (Phi) is 3.59. The molecule has 2 fully saturated rings. The predicted molar refractivity (Wildman–Crippen MR) is 57.3 cm³/mol. The molecule has 0 spiro atoms. The van der Waals surface area contributed by atoms with E-state index in [9.17, 15) is 4.79 Å². The van der Waals surface area contributed by atoms with Gasteiger partial charge in [-0.25, -0.2) is 0 Å². The van der Waals surface area contributed by atoms with E-state index in [1.54, 1.807) is 0 Å². The van der Waals surface area contributed by atoms with Gasteiger partial charge in [0.15, 0.2) is 0 Å². The van der Waals surface area contributed by atoms with Crippen molar-refractivity contribution < 1.29 is 9.53 Å². The second-order valence-electron chi connectivity index (χ2n) is 4.66. The molecule has 0 aromatic heterocycles. The Morgan fingerprint density at radius 2 is 2.13 bits per heavy atom. The quantitative estimate of drug-likeness (QED) is 0.670. The van der Waals surface area contributed by atoms with Crippen LogP contribution in [0.5, 0.6) is 0 Å². The maximum absolute atomic E-state index is 11.3. The van der Waals surface area contributed by atoms with Crippen LogP contribution in [0.25, 0.3) is 0 Å². The first-order valence-corrected chi connectivity index (χ1v) is 5.89. The average molecular weight is 212 g/mol. The van der Waals surface area contributed by atoms with Gasteiger partial charge < -0.3 is 15.8 Å². The van der Waals surface area contributed by atoms with Gasteiger partial charge in [0.05, 0.1) is 12.7 Å². The van der Waals surface area contributed by atoms with Crippen LogP contribution in [0.4, 0.5) is 0 Å². The highest BCUT2D eigenvalue weighted by Gasteiger charge is 2.28. The van der Waals surface area contributed by atoms with Crippen LogP contribution in [-0.2, 0) is 9.53 Å². The zero-order chi connectivity index (χ0) is 10.7. The number of carbonyl (C=O) groups excluding carboxylic acids is 1. The summed E-state index contributed by atoms with van der Waals surface area (Å²) in [5.41, 5.74) is 5.52. The summed E-state index contributed by atoms with van der Waals surface area (Å²) in [5.74, 6) is 0.780. The molecule has 0 saturated heterocycles. The molecule has 86 valence electrons. The molecule has 0 aromatic rings. The molecular formula is C11H20N2O2. The largest absolute Gasteiger partial charge is 0.378 e. The molecule has 2 aliphatic rings. The van der Waals surface area contributed by atoms with Crippen molar-refractivity contribution in [3.63, 3.8) is 0 Å². The Bertz CT molecular complexity index is 223. The van der Waals surface area contributed by atoms with Crippen molar-refractivity contribution in [1.29, 1.82) is 0 Å². The van der Waals surface area contributed by atoms with Crippen molar-refractivity contribution >= 4 is 5.91 Å². The van der Waals surface area contributed by atoms with Crippen molar-refractivity contribution in [2.24, 2.45) is 11.7 Å². The third-order valence-electron chi connectivity index (χ3n) is 3.15. The minimum atomic E-state index is 0.132. The Morgan fingerprint density at radius 1 is 1.40 bits per heavy atom. The van der Waals surface area contributed by atoms with E-state index in [0.29, 0.717) is 31.1 Å². The summed E-state index contributed by atoms with van der Waals surface area (Å²) in [7, 11) is 0. The number of hydrogen-bond donors (Lipinski definition) is 2. The van der Waals surface area contributed by atoms with E-state index in [1.807, 2.05) is 0 Å². The van der Waals surface area contributed by atoms with Gasteiger partial charge in [-0.1, -0.05) is 0 Å². The van der Waals surface area contributed by atoms with E-state index in [-0.39, 0.29) is 5.91 Å². The number of nitrogens with two attached hydrogens (primary N) is 1. The van der Waals surface area contributed by atoms with E-state index in [0.717, 1.165) is 32.2 Å². The molecule has 0 heterocycles. The maximum atomic E-state index is 11.3. The lowest BCUT2D eigenvalue weighted by atomic mass is 9.82. The van der Waals surface area contributed by atoms with Crippen LogP contribution in [0.1, 0.15) is 32.1 Å². The van der Waals surface area contributed by atoms with Crippen LogP contribution in [0.15, 0.2) is 0 Å². The molecule has 2 rings (SSSR count). The Hall–Kier alpha value is -0.610. The SMILES string of the molecule is NCC1CC(OCCC(=O)NC2CC2)C1. The van der Waals surface area contributed by atoms with E-state index >= 15 is 0 Å². The summed E-state index contributed by atoms with van der Waals surface area (Å²) < 4.78 is 5.57. The molecule has 15 heavy (non-hydrogen) atoms. The van der Waals surface area contributed by atoms with Crippen LogP contribution < -0.4 is 11.1 Å². The number of nitrogens with one attached hydrogen (secondary N) is 1. The number of carbonyl (C=O) groups is 1. The summed E-state index contributed by atoms with van der Waals surface area (Å²) in [4.78, 5) is 11.3. The predicted octanol–water partition coefficient (Wildman–Crippen LogP) is 0.409. The topological polar surface area (TPSA) is 64.3 Å². The molecule has 2 aliphatic carbocycles. The molecule has 0 radical (unpaired) electrons. The van der Waals surface area contributed by atoms with E-state index in [2.05, 4.69) is 5.32 Å². The molecule has 3 N–H and O–H groups in total. The fraction of sp³-hybridized carbons (Fsp3) is 0.909. The van der Waals surface area contributed by atoms with Crippen LogP contribution >= 0.6 is 0 Å². The maximum Gasteiger partial charge on any atom is 0.222 e. The highest BCUT2D eigenvalue weighted by atomic mass is 16.5. The van der Waals surface area contributed by atoms with E-state index < -0.39 is 0 Å². The van der Waals surface area contributed by atoms with Gasteiger partial charge in [0.2, 0.25) is 5.91 Å². The van der Waals surface area contributed by atoms with Gasteiger partial charge in [-0.2, -0.15) is 0 Å². The third kappa shape index (κ3) is 3.47. The van der Waals surface area contributed by atoms with Crippen LogP contribution in [0.2, 0.25) is 0 Å². The molecule has 1 amide bonds. The summed E-state index contributed by atoms with van der Waals surface area (Å²) >= 11 is 0. The van der Waals surface area contributed by atoms with Gasteiger partial charge in [-0.3, -0.25) is 4.79 Å². The van der Waals surface area contributed by atoms with Gasteiger partial charge in [0.1, 0.15) is 0 Å². The normalized spacial score (nSPS) is 29.7. The van der Waals surface area contributed by atoms with Crippen molar-refractivity contribution in [2.75, 3.05) is 13.2 Å². The summed E-state index contributed by atoms with van der Waals surface area (Å²) in [6, 6.07) is 0.461. The highest BCUT2D eigenvalue weighted by molar-refractivity contribution is 5.76. The molecule has 4 heteroatoms. The van der Waals surface area contributed by atoms with Crippen molar-refractivity contribution in [2.45, 2.75) is 44.2 Å². The minimum absolute atomic E-state index is 0.132. The molecule has 0 aromatic carbocycles. The number of amides is 1. The number of hydrogen-bond acceptors (Lipinski definition) is 3. The Morgan fingerprint density at radius 3 is 2.73 bits per heavy atom. The third-order valence-corrected chi connectivity index (χ3v) is 3.15. The first kappa shape index (κ1) is 10.9. The second kappa shape index (κ2) is 4.94. The Labute approximate surface area is 90.5 Å². The van der Waals surface area contributed by atoms with Crippen LogP contribution in [-0.4, -0.2) is 31.2 Å². The fourth-order valence-electron chi connectivity index (χ4n) is 1.85. The van der Waals surface area contributed by atoms with Gasteiger partial charge in [-0.05, 0) is 38.1 Å². The number of rotatable bonds is 6. The summed E-state index contributed by atoms with van der Waals surface area (Å²) in [5, 5.41) is 2.94. The lowest BCUT2D eigenvalue weighted by molar-refractivity contribution is -0.123. The van der Waals surface area contributed by atoms with Crippen molar-refractivity contribution in [1.82, 2.24) is 5.32 Å². The molecular weight excluding hydrogens is 192 g/mol. The first-order valence-electron chi connectivity index (χ1n) is 5.89. The van der Waals surface area contributed by atoms with Crippen LogP contribution in [0, 0.1) is 5.92 Å². The molecule has 4 nitrogen and oxygen atoms in total. The highest BCUT2D eigenvalue weighted by Crippen LogP contribution is 2.28. The van der Waals surface area contributed by atoms with Gasteiger partial charge in [-0.15, -0.1) is 0 Å². The molecule has 0 aliphatic heterocycles. The van der Waals surface area contributed by atoms with Gasteiger partial charge in [0, 0.05) is 12.5 Å². The minimum Gasteiger partial charge on any atom is -0.378 e.